The van der Waals surface area contributed by atoms with Crippen LogP contribution in [0.3, 0.4) is 0 Å². The van der Waals surface area contributed by atoms with E-state index < -0.39 is 0 Å². The monoisotopic (exact) mass is 360 g/mol. The summed E-state index contributed by atoms with van der Waals surface area (Å²) in [7, 11) is 0. The molecule has 27 heavy (non-hydrogen) atoms. The second kappa shape index (κ2) is 8.85. The van der Waals surface area contributed by atoms with Gasteiger partial charge in [-0.05, 0) is 41.3 Å². The average molecular weight is 360 g/mol. The Kier molecular flexibility index (Phi) is 6.05. The third-order valence-electron chi connectivity index (χ3n) is 4.31. The number of aryl methyl sites for hydroxylation is 1. The molecule has 2 aromatic carbocycles. The van der Waals surface area contributed by atoms with Crippen molar-refractivity contribution in [3.8, 4) is 0 Å². The summed E-state index contributed by atoms with van der Waals surface area (Å²) in [6.45, 7) is 3.17. The van der Waals surface area contributed by atoms with Crippen LogP contribution < -0.4 is 16.6 Å². The number of nitrogens with two attached hydrogens (primary N) is 1. The lowest BCUT2D eigenvalue weighted by Crippen LogP contribution is -2.22. The van der Waals surface area contributed by atoms with Gasteiger partial charge in [0.25, 0.3) is 5.56 Å². The van der Waals surface area contributed by atoms with Crippen molar-refractivity contribution in [2.75, 3.05) is 5.32 Å². The lowest BCUT2D eigenvalue weighted by Gasteiger charge is -2.08. The summed E-state index contributed by atoms with van der Waals surface area (Å²) >= 11 is 0. The maximum absolute atomic E-state index is 11.8. The molecule has 1 heterocycles. The zero-order valence-electron chi connectivity index (χ0n) is 15.4. The van der Waals surface area contributed by atoms with Gasteiger partial charge in [-0.1, -0.05) is 49.4 Å². The molecule has 0 saturated carbocycles. The Morgan fingerprint density at radius 1 is 1.00 bits per heavy atom. The van der Waals surface area contributed by atoms with E-state index in [0.717, 1.165) is 23.2 Å². The van der Waals surface area contributed by atoms with Crippen molar-refractivity contribution in [1.82, 2.24) is 4.57 Å². The second-order valence-corrected chi connectivity index (χ2v) is 6.36. The molecule has 0 fully saturated rings. The summed E-state index contributed by atoms with van der Waals surface area (Å²) in [6.07, 6.45) is 2.77. The third kappa shape index (κ3) is 5.31. The highest BCUT2D eigenvalue weighted by Crippen LogP contribution is 2.11. The second-order valence-electron chi connectivity index (χ2n) is 6.36. The predicted octanol–water partition coefficient (Wildman–Crippen LogP) is 3.39. The predicted molar refractivity (Wildman–Crippen MR) is 111 cm³/mol. The first-order valence-corrected chi connectivity index (χ1v) is 9.03. The molecule has 0 aliphatic rings. The third-order valence-corrected chi connectivity index (χ3v) is 4.31. The minimum absolute atomic E-state index is 0.00262. The zero-order valence-corrected chi connectivity index (χ0v) is 15.4. The first-order chi connectivity index (χ1) is 13.1. The molecule has 0 bridgehead atoms. The van der Waals surface area contributed by atoms with E-state index in [2.05, 4.69) is 29.4 Å². The fraction of sp³-hybridized carbons (Fsp3) is 0.182. The number of hydrogen-bond acceptors (Lipinski definition) is 2. The Morgan fingerprint density at radius 3 is 2.52 bits per heavy atom. The van der Waals surface area contributed by atoms with Crippen LogP contribution in [0.25, 0.3) is 0 Å². The molecule has 0 unspecified atom stereocenters. The van der Waals surface area contributed by atoms with Gasteiger partial charge in [-0.15, -0.1) is 0 Å². The van der Waals surface area contributed by atoms with Crippen LogP contribution in [-0.4, -0.2) is 10.5 Å². The van der Waals surface area contributed by atoms with Crippen LogP contribution in [0.1, 0.15) is 23.6 Å². The van der Waals surface area contributed by atoms with Gasteiger partial charge in [0.15, 0.2) is 5.96 Å². The van der Waals surface area contributed by atoms with E-state index in [0.29, 0.717) is 19.0 Å². The number of rotatable bonds is 6. The van der Waals surface area contributed by atoms with Crippen LogP contribution in [-0.2, 0) is 19.5 Å². The maximum Gasteiger partial charge on any atom is 0.250 e. The zero-order chi connectivity index (χ0) is 19.1. The molecule has 0 spiro atoms. The summed E-state index contributed by atoms with van der Waals surface area (Å²) < 4.78 is 1.68. The quantitative estimate of drug-likeness (QED) is 0.523. The van der Waals surface area contributed by atoms with E-state index in [4.69, 9.17) is 5.73 Å². The van der Waals surface area contributed by atoms with Crippen molar-refractivity contribution in [3.05, 3.63) is 100.0 Å². The fourth-order valence-corrected chi connectivity index (χ4v) is 2.77. The number of guanidine groups is 1. The van der Waals surface area contributed by atoms with Crippen LogP contribution in [0.2, 0.25) is 0 Å². The number of nitrogens with zero attached hydrogens (tertiary/aromatic N) is 2. The van der Waals surface area contributed by atoms with Gasteiger partial charge in [0.2, 0.25) is 0 Å². The molecule has 138 valence electrons. The van der Waals surface area contributed by atoms with Gasteiger partial charge in [-0.3, -0.25) is 4.79 Å². The summed E-state index contributed by atoms with van der Waals surface area (Å²) in [5.41, 5.74) is 10.3. The number of benzene rings is 2. The van der Waals surface area contributed by atoms with E-state index in [1.54, 1.807) is 22.9 Å². The molecular formula is C22H24N4O. The SMILES string of the molecule is CCc1cccc(NC(N)=NCc2ccc(Cn3ccccc3=O)cc2)c1. The first kappa shape index (κ1) is 18.5. The standard InChI is InChI=1S/C22H24N4O/c1-2-17-6-5-7-20(14-17)25-22(23)24-15-18-9-11-19(12-10-18)16-26-13-4-3-8-21(26)27/h3-14H,2,15-16H2,1H3,(H3,23,24,25). The molecule has 3 aromatic rings. The van der Waals surface area contributed by atoms with E-state index in [1.165, 1.54) is 5.56 Å². The normalized spacial score (nSPS) is 11.4. The molecular weight excluding hydrogens is 336 g/mol. The minimum Gasteiger partial charge on any atom is -0.370 e. The number of pyridine rings is 1. The highest BCUT2D eigenvalue weighted by molar-refractivity contribution is 5.92. The summed E-state index contributed by atoms with van der Waals surface area (Å²) in [5.74, 6) is 0.392. The molecule has 0 atom stereocenters. The van der Waals surface area contributed by atoms with Gasteiger partial charge in [0, 0.05) is 18.0 Å². The fourth-order valence-electron chi connectivity index (χ4n) is 2.77. The molecule has 3 rings (SSSR count). The lowest BCUT2D eigenvalue weighted by atomic mass is 10.1. The van der Waals surface area contributed by atoms with Crippen LogP contribution in [0.15, 0.2) is 82.7 Å². The molecule has 0 radical (unpaired) electrons. The maximum atomic E-state index is 11.8. The van der Waals surface area contributed by atoms with Gasteiger partial charge in [0.05, 0.1) is 13.1 Å². The van der Waals surface area contributed by atoms with Gasteiger partial charge >= 0.3 is 0 Å². The number of anilines is 1. The van der Waals surface area contributed by atoms with Crippen molar-refractivity contribution >= 4 is 11.6 Å². The highest BCUT2D eigenvalue weighted by atomic mass is 16.1. The molecule has 0 amide bonds. The minimum atomic E-state index is -0.00262. The Morgan fingerprint density at radius 2 is 1.78 bits per heavy atom. The van der Waals surface area contributed by atoms with E-state index in [-0.39, 0.29) is 5.56 Å². The Hall–Kier alpha value is -3.34. The molecule has 0 saturated heterocycles. The number of nitrogens with one attached hydrogen (secondary N) is 1. The van der Waals surface area contributed by atoms with Gasteiger partial charge in [-0.2, -0.15) is 0 Å². The summed E-state index contributed by atoms with van der Waals surface area (Å²) in [5, 5.41) is 3.13. The van der Waals surface area contributed by atoms with Gasteiger partial charge < -0.3 is 15.6 Å². The molecule has 3 N–H and O–H groups in total. The van der Waals surface area contributed by atoms with Crippen LogP contribution in [0.4, 0.5) is 5.69 Å². The Bertz CT molecular complexity index is 974. The summed E-state index contributed by atoms with van der Waals surface area (Å²) in [4.78, 5) is 16.2. The average Bonchev–Trinajstić information content (AvgIpc) is 2.69. The molecule has 5 nitrogen and oxygen atoms in total. The van der Waals surface area contributed by atoms with E-state index in [1.807, 2.05) is 42.5 Å². The topological polar surface area (TPSA) is 72.4 Å². The van der Waals surface area contributed by atoms with Crippen LogP contribution >= 0.6 is 0 Å². The van der Waals surface area contributed by atoms with E-state index in [9.17, 15) is 4.79 Å². The lowest BCUT2D eigenvalue weighted by molar-refractivity contribution is 0.759. The van der Waals surface area contributed by atoms with Crippen molar-refractivity contribution in [1.29, 1.82) is 0 Å². The van der Waals surface area contributed by atoms with Crippen molar-refractivity contribution in [2.24, 2.45) is 10.7 Å². The molecule has 5 heteroatoms. The number of hydrogen-bond donors (Lipinski definition) is 2. The molecule has 0 aliphatic heterocycles. The van der Waals surface area contributed by atoms with Crippen molar-refractivity contribution in [3.63, 3.8) is 0 Å². The van der Waals surface area contributed by atoms with Gasteiger partial charge in [0.1, 0.15) is 0 Å². The molecule has 1 aromatic heterocycles. The highest BCUT2D eigenvalue weighted by Gasteiger charge is 2.00. The number of aliphatic imine (C=N–C) groups is 1. The van der Waals surface area contributed by atoms with Crippen LogP contribution in [0.5, 0.6) is 0 Å². The van der Waals surface area contributed by atoms with Gasteiger partial charge in [-0.25, -0.2) is 4.99 Å². The number of aromatic nitrogens is 1. The van der Waals surface area contributed by atoms with E-state index >= 15 is 0 Å². The first-order valence-electron chi connectivity index (χ1n) is 9.03. The van der Waals surface area contributed by atoms with Crippen molar-refractivity contribution in [2.45, 2.75) is 26.4 Å². The Labute approximate surface area is 159 Å². The largest absolute Gasteiger partial charge is 0.370 e. The Balaban J connectivity index is 1.59. The summed E-state index contributed by atoms with van der Waals surface area (Å²) in [6, 6.07) is 21.4. The molecule has 0 aliphatic carbocycles. The van der Waals surface area contributed by atoms with Crippen LogP contribution in [0, 0.1) is 0 Å². The van der Waals surface area contributed by atoms with Crippen molar-refractivity contribution < 1.29 is 0 Å². The smallest absolute Gasteiger partial charge is 0.250 e.